The summed E-state index contributed by atoms with van der Waals surface area (Å²) in [5.74, 6) is -2.05. The van der Waals surface area contributed by atoms with E-state index in [1.807, 2.05) is 6.92 Å². The minimum atomic E-state index is -1.02. The van der Waals surface area contributed by atoms with E-state index in [2.05, 4.69) is 9.97 Å². The zero-order valence-corrected chi connectivity index (χ0v) is 20.0. The Balaban J connectivity index is 2.08. The third-order valence-corrected chi connectivity index (χ3v) is 6.02. The average Bonchev–Trinajstić information content (AvgIpc) is 3.47. The van der Waals surface area contributed by atoms with E-state index in [4.69, 9.17) is 16.3 Å². The lowest BCUT2D eigenvalue weighted by atomic mass is 10.1. The predicted molar refractivity (Wildman–Crippen MR) is 121 cm³/mol. The quantitative estimate of drug-likeness (QED) is 0.148. The summed E-state index contributed by atoms with van der Waals surface area (Å²) in [5, 5.41) is 11.6. The molecule has 1 fully saturated rings. The molecule has 12 heteroatoms. The Bertz CT molecular complexity index is 1080. The number of benzene rings is 1. The first-order chi connectivity index (χ1) is 15.4. The Morgan fingerprint density at radius 3 is 2.61 bits per heavy atom. The molecule has 2 atom stereocenters. The second-order valence-electron chi connectivity index (χ2n) is 8.51. The third kappa shape index (κ3) is 5.89. The number of anilines is 1. The van der Waals surface area contributed by atoms with Crippen molar-refractivity contribution < 1.29 is 23.2 Å². The van der Waals surface area contributed by atoms with Gasteiger partial charge in [0.2, 0.25) is 11.0 Å². The van der Waals surface area contributed by atoms with E-state index in [0.717, 1.165) is 23.5 Å². The number of nitrogens with zero attached hydrogens (tertiary/aromatic N) is 4. The van der Waals surface area contributed by atoms with Gasteiger partial charge >= 0.3 is 11.8 Å². The van der Waals surface area contributed by atoms with Crippen LogP contribution in [0.4, 0.5) is 25.1 Å². The molecular weight excluding hydrogens is 478 g/mol. The molecule has 33 heavy (non-hydrogen) atoms. The molecule has 0 spiro atoms. The van der Waals surface area contributed by atoms with Crippen LogP contribution in [0.2, 0.25) is 5.15 Å². The highest BCUT2D eigenvalue weighted by Gasteiger charge is 2.50. The number of carbonyl (C=O) groups excluding carboxylic acids is 1. The van der Waals surface area contributed by atoms with Crippen LogP contribution in [0.1, 0.15) is 52.0 Å². The van der Waals surface area contributed by atoms with Gasteiger partial charge in [-0.15, -0.1) is 0 Å². The number of thioether (sulfide) groups is 1. The number of amides is 1. The molecule has 8 nitrogen and oxygen atoms in total. The fourth-order valence-electron chi connectivity index (χ4n) is 3.24. The number of hydrogen-bond donors (Lipinski definition) is 0. The number of aromatic nitrogens is 2. The van der Waals surface area contributed by atoms with Gasteiger partial charge in [0.05, 0.1) is 4.92 Å². The molecular formula is C21H23ClF2N4O4S. The lowest BCUT2D eigenvalue weighted by Gasteiger charge is -2.27. The molecule has 3 rings (SSSR count). The smallest absolute Gasteiger partial charge is 0.416 e. The normalized spacial score (nSPS) is 17.5. The molecule has 1 heterocycles. The number of hydrogen-bond acceptors (Lipinski definition) is 7. The van der Waals surface area contributed by atoms with Crippen molar-refractivity contribution in [1.82, 2.24) is 9.97 Å². The maximum absolute atomic E-state index is 13.8. The van der Waals surface area contributed by atoms with Gasteiger partial charge in [0.15, 0.2) is 16.8 Å². The number of rotatable bonds is 7. The van der Waals surface area contributed by atoms with E-state index in [-0.39, 0.29) is 11.0 Å². The molecule has 1 aliphatic carbocycles. The van der Waals surface area contributed by atoms with Crippen molar-refractivity contribution in [2.45, 2.75) is 63.3 Å². The van der Waals surface area contributed by atoms with E-state index < -0.39 is 51.1 Å². The van der Waals surface area contributed by atoms with Gasteiger partial charge in [-0.3, -0.25) is 15.0 Å². The monoisotopic (exact) mass is 500 g/mol. The Morgan fingerprint density at radius 1 is 1.33 bits per heavy atom. The van der Waals surface area contributed by atoms with Crippen LogP contribution in [-0.2, 0) is 4.74 Å². The van der Waals surface area contributed by atoms with Gasteiger partial charge in [0.25, 0.3) is 0 Å². The van der Waals surface area contributed by atoms with Crippen LogP contribution in [0.5, 0.6) is 0 Å². The van der Waals surface area contributed by atoms with E-state index in [9.17, 15) is 23.7 Å². The minimum Gasteiger partial charge on any atom is -0.443 e. The summed E-state index contributed by atoms with van der Waals surface area (Å²) in [6.07, 6.45) is 0.289. The summed E-state index contributed by atoms with van der Waals surface area (Å²) in [6, 6.07) is 2.84. The Morgan fingerprint density at radius 2 is 2.03 bits per heavy atom. The van der Waals surface area contributed by atoms with E-state index in [1.54, 1.807) is 20.8 Å². The van der Waals surface area contributed by atoms with Crippen LogP contribution in [0, 0.1) is 21.7 Å². The lowest BCUT2D eigenvalue weighted by molar-refractivity contribution is -0.384. The SMILES string of the molecule is CCCSc1nc(Cl)c([N+](=O)[O-])c(N(C(=O)OC(C)(C)C)[C@@H]2C[C@H]2c2ccc(F)c(F)c2)n1. The van der Waals surface area contributed by atoms with Crippen LogP contribution in [-0.4, -0.2) is 38.4 Å². The summed E-state index contributed by atoms with van der Waals surface area (Å²) < 4.78 is 32.7. The second kappa shape index (κ2) is 9.76. The zero-order valence-electron chi connectivity index (χ0n) is 18.5. The van der Waals surface area contributed by atoms with E-state index >= 15 is 0 Å². The molecule has 1 aromatic heterocycles. The van der Waals surface area contributed by atoms with Crippen molar-refractivity contribution in [2.75, 3.05) is 10.7 Å². The molecule has 0 aliphatic heterocycles. The maximum Gasteiger partial charge on any atom is 0.416 e. The molecule has 0 unspecified atom stereocenters. The molecule has 2 aromatic rings. The summed E-state index contributed by atoms with van der Waals surface area (Å²) in [7, 11) is 0. The fourth-order valence-corrected chi connectivity index (χ4v) is 4.22. The number of nitro groups is 1. The van der Waals surface area contributed by atoms with Gasteiger partial charge in [-0.1, -0.05) is 36.4 Å². The standard InChI is InChI=1S/C21H23ClF2N4O4S/c1-5-8-33-19-25-17(22)16(28(30)31)18(26-19)27(20(29)32-21(2,3)4)15-10-12(15)11-6-7-13(23)14(24)9-11/h6-7,9,12,15H,5,8,10H2,1-4H3/t12-,15+/m0/s1. The van der Waals surface area contributed by atoms with Crippen LogP contribution < -0.4 is 4.90 Å². The predicted octanol–water partition coefficient (Wildman–Crippen LogP) is 6.12. The molecule has 1 aromatic carbocycles. The van der Waals surface area contributed by atoms with Gasteiger partial charge in [0.1, 0.15) is 5.60 Å². The minimum absolute atomic E-state index is 0.182. The summed E-state index contributed by atoms with van der Waals surface area (Å²) >= 11 is 7.38. The Kier molecular flexibility index (Phi) is 7.42. The van der Waals surface area contributed by atoms with Crippen molar-refractivity contribution in [1.29, 1.82) is 0 Å². The van der Waals surface area contributed by atoms with Crippen LogP contribution in [0.25, 0.3) is 0 Å². The van der Waals surface area contributed by atoms with Gasteiger partial charge in [-0.25, -0.2) is 18.6 Å². The first-order valence-electron chi connectivity index (χ1n) is 10.2. The number of ether oxygens (including phenoxy) is 1. The van der Waals surface area contributed by atoms with Gasteiger partial charge in [0, 0.05) is 17.7 Å². The van der Waals surface area contributed by atoms with Crippen molar-refractivity contribution >= 4 is 41.0 Å². The Hall–Kier alpha value is -2.53. The first-order valence-corrected chi connectivity index (χ1v) is 11.6. The van der Waals surface area contributed by atoms with Crippen LogP contribution in [0.3, 0.4) is 0 Å². The fraction of sp³-hybridized carbons (Fsp3) is 0.476. The summed E-state index contributed by atoms with van der Waals surface area (Å²) in [4.78, 5) is 33.6. The molecule has 0 N–H and O–H groups in total. The van der Waals surface area contributed by atoms with E-state index in [1.165, 1.54) is 17.8 Å². The second-order valence-corrected chi connectivity index (χ2v) is 9.93. The molecule has 1 amide bonds. The van der Waals surface area contributed by atoms with Gasteiger partial charge < -0.3 is 4.74 Å². The maximum atomic E-state index is 13.8. The van der Waals surface area contributed by atoms with Crippen molar-refractivity contribution in [3.63, 3.8) is 0 Å². The summed E-state index contributed by atoms with van der Waals surface area (Å²) in [6.45, 7) is 6.93. The lowest BCUT2D eigenvalue weighted by Crippen LogP contribution is -2.40. The van der Waals surface area contributed by atoms with Crippen molar-refractivity contribution in [2.24, 2.45) is 0 Å². The highest BCUT2D eigenvalue weighted by molar-refractivity contribution is 7.99. The molecule has 0 radical (unpaired) electrons. The molecule has 0 bridgehead atoms. The molecule has 1 saturated carbocycles. The van der Waals surface area contributed by atoms with Gasteiger partial charge in [-0.05, 0) is 51.3 Å². The van der Waals surface area contributed by atoms with Crippen LogP contribution in [0.15, 0.2) is 23.4 Å². The number of halogens is 3. The number of carbonyl (C=O) groups is 1. The van der Waals surface area contributed by atoms with Gasteiger partial charge in [-0.2, -0.15) is 4.98 Å². The highest BCUT2D eigenvalue weighted by atomic mass is 35.5. The van der Waals surface area contributed by atoms with Crippen molar-refractivity contribution in [3.05, 3.63) is 50.7 Å². The molecule has 178 valence electrons. The van der Waals surface area contributed by atoms with Crippen molar-refractivity contribution in [3.8, 4) is 0 Å². The topological polar surface area (TPSA) is 98.5 Å². The Labute approximate surface area is 198 Å². The first kappa shape index (κ1) is 25.1. The summed E-state index contributed by atoms with van der Waals surface area (Å²) in [5.41, 5.74) is -1.07. The average molecular weight is 501 g/mol. The largest absolute Gasteiger partial charge is 0.443 e. The molecule has 0 saturated heterocycles. The zero-order chi connectivity index (χ0) is 24.5. The van der Waals surface area contributed by atoms with E-state index in [0.29, 0.717) is 17.7 Å². The third-order valence-electron chi connectivity index (χ3n) is 4.70. The molecule has 1 aliphatic rings. The highest BCUT2D eigenvalue weighted by Crippen LogP contribution is 2.49. The van der Waals surface area contributed by atoms with Crippen LogP contribution >= 0.6 is 23.4 Å².